The van der Waals surface area contributed by atoms with Crippen LogP contribution in [0.4, 0.5) is 0 Å². The molecule has 0 spiro atoms. The summed E-state index contributed by atoms with van der Waals surface area (Å²) < 4.78 is 10.4. The van der Waals surface area contributed by atoms with Gasteiger partial charge >= 0.3 is 5.97 Å². The molecule has 128 valence electrons. The molecule has 2 aromatic rings. The normalized spacial score (nSPS) is 10.4. The van der Waals surface area contributed by atoms with Gasteiger partial charge in [-0.3, -0.25) is 4.79 Å². The van der Waals surface area contributed by atoms with Gasteiger partial charge < -0.3 is 19.6 Å². The van der Waals surface area contributed by atoms with Crippen LogP contribution in [0.2, 0.25) is 0 Å². The van der Waals surface area contributed by atoms with Crippen molar-refractivity contribution in [2.45, 2.75) is 26.2 Å². The molecule has 6 heteroatoms. The number of carboxylic acids is 1. The van der Waals surface area contributed by atoms with Crippen molar-refractivity contribution >= 4 is 11.9 Å². The fourth-order valence-electron chi connectivity index (χ4n) is 2.28. The van der Waals surface area contributed by atoms with Gasteiger partial charge in [0, 0.05) is 13.0 Å². The minimum absolute atomic E-state index is 0.131. The number of hydrogen-bond acceptors (Lipinski definition) is 4. The monoisotopic (exact) mass is 331 g/mol. The third-order valence-electron chi connectivity index (χ3n) is 3.45. The Labute approximate surface area is 140 Å². The molecule has 0 saturated heterocycles. The second kappa shape index (κ2) is 8.76. The van der Waals surface area contributed by atoms with Crippen LogP contribution in [0, 0.1) is 0 Å². The van der Waals surface area contributed by atoms with Crippen molar-refractivity contribution in [2.75, 3.05) is 13.2 Å². The Morgan fingerprint density at radius 2 is 1.92 bits per heavy atom. The molecule has 0 aliphatic rings. The van der Waals surface area contributed by atoms with Gasteiger partial charge in [0.05, 0.1) is 11.8 Å². The number of carboxylic acid groups (broad SMARTS) is 1. The Morgan fingerprint density at radius 3 is 2.58 bits per heavy atom. The number of benzene rings is 1. The van der Waals surface area contributed by atoms with E-state index >= 15 is 0 Å². The van der Waals surface area contributed by atoms with Crippen LogP contribution in [-0.4, -0.2) is 30.1 Å². The summed E-state index contributed by atoms with van der Waals surface area (Å²) in [4.78, 5) is 22.6. The van der Waals surface area contributed by atoms with Crippen LogP contribution in [0.5, 0.6) is 5.75 Å². The topological polar surface area (TPSA) is 88.8 Å². The average molecular weight is 331 g/mol. The first kappa shape index (κ1) is 17.6. The minimum atomic E-state index is -1.01. The van der Waals surface area contributed by atoms with E-state index in [1.807, 2.05) is 19.1 Å². The Bertz CT molecular complexity index is 675. The zero-order valence-corrected chi connectivity index (χ0v) is 13.6. The first-order chi connectivity index (χ1) is 11.6. The highest BCUT2D eigenvalue weighted by molar-refractivity contribution is 5.95. The molecular weight excluding hydrogens is 310 g/mol. The van der Waals surface area contributed by atoms with Gasteiger partial charge in [-0.15, -0.1) is 0 Å². The molecule has 0 bridgehead atoms. The van der Waals surface area contributed by atoms with E-state index in [1.165, 1.54) is 6.26 Å². The molecule has 1 aromatic heterocycles. The van der Waals surface area contributed by atoms with E-state index in [0.717, 1.165) is 24.2 Å². The van der Waals surface area contributed by atoms with Crippen molar-refractivity contribution in [1.82, 2.24) is 5.32 Å². The Hall–Kier alpha value is -2.76. The molecule has 1 heterocycles. The van der Waals surface area contributed by atoms with Gasteiger partial charge in [0.2, 0.25) is 0 Å². The fraction of sp³-hybridized carbons (Fsp3) is 0.333. The highest BCUT2D eigenvalue weighted by Gasteiger charge is 2.13. The average Bonchev–Trinajstić information content (AvgIpc) is 3.03. The van der Waals surface area contributed by atoms with Gasteiger partial charge in [-0.1, -0.05) is 19.1 Å². The quantitative estimate of drug-likeness (QED) is 0.737. The lowest BCUT2D eigenvalue weighted by Crippen LogP contribution is -2.26. The molecule has 0 aliphatic carbocycles. The van der Waals surface area contributed by atoms with Gasteiger partial charge in [0.25, 0.3) is 5.91 Å². The van der Waals surface area contributed by atoms with Crippen molar-refractivity contribution in [2.24, 2.45) is 0 Å². The largest absolute Gasteiger partial charge is 0.482 e. The predicted octanol–water partition coefficient (Wildman–Crippen LogP) is 2.67. The molecule has 0 aliphatic heterocycles. The highest BCUT2D eigenvalue weighted by atomic mass is 16.5. The number of aryl methyl sites for hydroxylation is 1. The molecule has 0 atom stereocenters. The third kappa shape index (κ3) is 5.15. The fourth-order valence-corrected chi connectivity index (χ4v) is 2.28. The van der Waals surface area contributed by atoms with Crippen molar-refractivity contribution in [1.29, 1.82) is 0 Å². The summed E-state index contributed by atoms with van der Waals surface area (Å²) in [6.07, 6.45) is 3.87. The van der Waals surface area contributed by atoms with Gasteiger partial charge in [-0.25, -0.2) is 4.79 Å². The number of amides is 1. The molecule has 0 radical (unpaired) electrons. The van der Waals surface area contributed by atoms with E-state index < -0.39 is 5.97 Å². The Kier molecular flexibility index (Phi) is 6.42. The number of rotatable bonds is 9. The lowest BCUT2D eigenvalue weighted by Gasteiger charge is -2.07. The van der Waals surface area contributed by atoms with Crippen LogP contribution in [0.15, 0.2) is 41.0 Å². The maximum absolute atomic E-state index is 12.1. The maximum Gasteiger partial charge on any atom is 0.341 e. The third-order valence-corrected chi connectivity index (χ3v) is 3.45. The SMILES string of the molecule is CCCc1occc1C(=O)NCCc1ccc(OCC(=O)O)cc1. The number of nitrogens with one attached hydrogen (secondary N) is 1. The summed E-state index contributed by atoms with van der Waals surface area (Å²) in [5.41, 5.74) is 1.62. The van der Waals surface area contributed by atoms with E-state index in [1.54, 1.807) is 18.2 Å². The smallest absolute Gasteiger partial charge is 0.341 e. The summed E-state index contributed by atoms with van der Waals surface area (Å²) in [6.45, 7) is 2.18. The molecule has 1 aromatic carbocycles. The predicted molar refractivity (Wildman–Crippen MR) is 88.3 cm³/mol. The molecular formula is C18H21NO5. The first-order valence-electron chi connectivity index (χ1n) is 7.88. The maximum atomic E-state index is 12.1. The van der Waals surface area contributed by atoms with Crippen LogP contribution in [0.25, 0.3) is 0 Å². The summed E-state index contributed by atoms with van der Waals surface area (Å²) in [7, 11) is 0. The van der Waals surface area contributed by atoms with Gasteiger partial charge in [0.15, 0.2) is 6.61 Å². The van der Waals surface area contributed by atoms with E-state index in [0.29, 0.717) is 24.3 Å². The molecule has 0 saturated carbocycles. The molecule has 6 nitrogen and oxygen atoms in total. The van der Waals surface area contributed by atoms with Crippen LogP contribution in [0.1, 0.15) is 35.0 Å². The van der Waals surface area contributed by atoms with Crippen LogP contribution in [0.3, 0.4) is 0 Å². The van der Waals surface area contributed by atoms with Crippen molar-refractivity contribution in [3.63, 3.8) is 0 Å². The zero-order valence-electron chi connectivity index (χ0n) is 13.6. The molecule has 0 unspecified atom stereocenters. The van der Waals surface area contributed by atoms with E-state index in [-0.39, 0.29) is 12.5 Å². The summed E-state index contributed by atoms with van der Waals surface area (Å²) in [6, 6.07) is 8.83. The Morgan fingerprint density at radius 1 is 1.17 bits per heavy atom. The van der Waals surface area contributed by atoms with E-state index in [9.17, 15) is 9.59 Å². The second-order valence-corrected chi connectivity index (χ2v) is 5.34. The van der Waals surface area contributed by atoms with Crippen LogP contribution >= 0.6 is 0 Å². The molecule has 2 N–H and O–H groups in total. The van der Waals surface area contributed by atoms with Crippen molar-refractivity contribution in [3.8, 4) is 5.75 Å². The number of carbonyl (C=O) groups is 2. The summed E-state index contributed by atoms with van der Waals surface area (Å²) in [5, 5.41) is 11.4. The molecule has 1 amide bonds. The van der Waals surface area contributed by atoms with Gasteiger partial charge in [-0.2, -0.15) is 0 Å². The van der Waals surface area contributed by atoms with Crippen molar-refractivity contribution in [3.05, 3.63) is 53.5 Å². The van der Waals surface area contributed by atoms with E-state index in [2.05, 4.69) is 5.32 Å². The number of furan rings is 1. The van der Waals surface area contributed by atoms with E-state index in [4.69, 9.17) is 14.3 Å². The Balaban J connectivity index is 1.80. The first-order valence-corrected chi connectivity index (χ1v) is 7.88. The lowest BCUT2D eigenvalue weighted by atomic mass is 10.1. The molecule has 24 heavy (non-hydrogen) atoms. The molecule has 2 rings (SSSR count). The minimum Gasteiger partial charge on any atom is -0.482 e. The number of aliphatic carboxylic acids is 1. The number of carbonyl (C=O) groups excluding carboxylic acids is 1. The summed E-state index contributed by atoms with van der Waals surface area (Å²) >= 11 is 0. The van der Waals surface area contributed by atoms with Crippen LogP contribution < -0.4 is 10.1 Å². The number of ether oxygens (including phenoxy) is 1. The highest BCUT2D eigenvalue weighted by Crippen LogP contribution is 2.14. The number of hydrogen-bond donors (Lipinski definition) is 2. The van der Waals surface area contributed by atoms with Gasteiger partial charge in [0.1, 0.15) is 11.5 Å². The van der Waals surface area contributed by atoms with Crippen molar-refractivity contribution < 1.29 is 23.8 Å². The van der Waals surface area contributed by atoms with Crippen LogP contribution in [-0.2, 0) is 17.6 Å². The lowest BCUT2D eigenvalue weighted by molar-refractivity contribution is -0.139. The second-order valence-electron chi connectivity index (χ2n) is 5.34. The molecule has 0 fully saturated rings. The zero-order chi connectivity index (χ0) is 17.4. The van der Waals surface area contributed by atoms with Gasteiger partial charge in [-0.05, 0) is 36.6 Å². The summed E-state index contributed by atoms with van der Waals surface area (Å²) in [5.74, 6) is 0.0832. The standard InChI is InChI=1S/C18H21NO5/c1-2-3-16-15(9-11-23-16)18(22)19-10-8-13-4-6-14(7-5-13)24-12-17(20)21/h4-7,9,11H,2-3,8,10,12H2,1H3,(H,19,22)(H,20,21).